The molecule has 0 radical (unpaired) electrons. The van der Waals surface area contributed by atoms with E-state index in [-0.39, 0.29) is 0 Å². The maximum absolute atomic E-state index is 6.18. The van der Waals surface area contributed by atoms with Crippen LogP contribution in [0.15, 0.2) is 40.9 Å². The lowest BCUT2D eigenvalue weighted by Gasteiger charge is -2.12. The summed E-state index contributed by atoms with van der Waals surface area (Å²) in [6.45, 7) is 1.12. The molecular weight excluding hydrogens is 361 g/mol. The Morgan fingerprint density at radius 2 is 1.90 bits per heavy atom. The van der Waals surface area contributed by atoms with Crippen LogP contribution in [0.3, 0.4) is 0 Å². The minimum atomic E-state index is 0.421. The van der Waals surface area contributed by atoms with Gasteiger partial charge < -0.3 is 10.1 Å². The van der Waals surface area contributed by atoms with Crippen LogP contribution < -0.4 is 10.1 Å². The smallest absolute Gasteiger partial charge is 0.124 e. The van der Waals surface area contributed by atoms with Gasteiger partial charge in [-0.1, -0.05) is 45.2 Å². The van der Waals surface area contributed by atoms with Gasteiger partial charge in [0, 0.05) is 32.2 Å². The van der Waals surface area contributed by atoms with Gasteiger partial charge in [-0.05, 0) is 37.4 Å². The predicted molar refractivity (Wildman–Crippen MR) is 87.7 cm³/mol. The van der Waals surface area contributed by atoms with Crippen molar-refractivity contribution in [1.82, 2.24) is 5.32 Å². The normalized spacial score (nSPS) is 10.6. The average molecular weight is 375 g/mol. The molecule has 0 aliphatic heterocycles. The van der Waals surface area contributed by atoms with Crippen molar-refractivity contribution >= 4 is 39.1 Å². The monoisotopic (exact) mass is 373 g/mol. The number of nitrogens with one attached hydrogen (secondary N) is 1. The van der Waals surface area contributed by atoms with Crippen molar-refractivity contribution in [3.05, 3.63) is 62.0 Å². The molecule has 0 amide bonds. The molecule has 2 aromatic rings. The fraction of sp³-hybridized carbons (Fsp3) is 0.200. The predicted octanol–water partition coefficient (Wildman–Crippen LogP) is 5.05. The third kappa shape index (κ3) is 4.13. The van der Waals surface area contributed by atoms with Crippen LogP contribution in [0.25, 0.3) is 0 Å². The summed E-state index contributed by atoms with van der Waals surface area (Å²) in [5.74, 6) is 0.808. The highest BCUT2D eigenvalue weighted by Crippen LogP contribution is 2.26. The number of benzene rings is 2. The van der Waals surface area contributed by atoms with Gasteiger partial charge in [0.1, 0.15) is 12.4 Å². The molecule has 2 aromatic carbocycles. The van der Waals surface area contributed by atoms with Gasteiger partial charge in [-0.2, -0.15) is 0 Å². The number of hydrogen-bond donors (Lipinski definition) is 1. The highest BCUT2D eigenvalue weighted by atomic mass is 79.9. The first-order valence-corrected chi connectivity index (χ1v) is 7.65. The van der Waals surface area contributed by atoms with Crippen LogP contribution in [-0.2, 0) is 13.2 Å². The Morgan fingerprint density at radius 3 is 2.60 bits per heavy atom. The second kappa shape index (κ2) is 7.32. The number of rotatable bonds is 5. The molecule has 5 heteroatoms. The summed E-state index contributed by atoms with van der Waals surface area (Å²) in [4.78, 5) is 0. The van der Waals surface area contributed by atoms with Crippen molar-refractivity contribution in [1.29, 1.82) is 0 Å². The van der Waals surface area contributed by atoms with Crippen LogP contribution in [0.4, 0.5) is 0 Å². The summed E-state index contributed by atoms with van der Waals surface area (Å²) in [6, 6.07) is 11.3. The first-order chi connectivity index (χ1) is 9.60. The van der Waals surface area contributed by atoms with Crippen molar-refractivity contribution < 1.29 is 4.74 Å². The number of halogens is 3. The van der Waals surface area contributed by atoms with Crippen molar-refractivity contribution in [3.8, 4) is 5.75 Å². The van der Waals surface area contributed by atoms with E-state index in [0.717, 1.165) is 21.3 Å². The molecule has 0 unspecified atom stereocenters. The molecule has 20 heavy (non-hydrogen) atoms. The Labute approximate surface area is 137 Å². The standard InChI is InChI=1S/C15H14BrCl2NO/c1-19-8-11-6-13(17)4-5-15(11)20-9-10-2-3-12(16)7-14(10)18/h2-7,19H,8-9H2,1H3. The summed E-state index contributed by atoms with van der Waals surface area (Å²) in [7, 11) is 1.89. The lowest BCUT2D eigenvalue weighted by atomic mass is 10.2. The van der Waals surface area contributed by atoms with Crippen LogP contribution in [0, 0.1) is 0 Å². The quantitative estimate of drug-likeness (QED) is 0.790. The molecule has 2 nitrogen and oxygen atoms in total. The molecule has 0 heterocycles. The molecule has 0 saturated heterocycles. The number of hydrogen-bond acceptors (Lipinski definition) is 2. The Morgan fingerprint density at radius 1 is 1.10 bits per heavy atom. The minimum Gasteiger partial charge on any atom is -0.489 e. The largest absolute Gasteiger partial charge is 0.489 e. The molecule has 0 aliphatic carbocycles. The lowest BCUT2D eigenvalue weighted by molar-refractivity contribution is 0.302. The second-order valence-electron chi connectivity index (χ2n) is 4.31. The van der Waals surface area contributed by atoms with E-state index < -0.39 is 0 Å². The zero-order valence-corrected chi connectivity index (χ0v) is 14.0. The summed E-state index contributed by atoms with van der Waals surface area (Å²) in [5, 5.41) is 4.48. The maximum Gasteiger partial charge on any atom is 0.124 e. The lowest BCUT2D eigenvalue weighted by Crippen LogP contribution is -2.07. The summed E-state index contributed by atoms with van der Waals surface area (Å²) in [5.41, 5.74) is 1.97. The van der Waals surface area contributed by atoms with Crippen molar-refractivity contribution in [2.24, 2.45) is 0 Å². The highest BCUT2D eigenvalue weighted by Gasteiger charge is 2.07. The summed E-state index contributed by atoms with van der Waals surface area (Å²) >= 11 is 15.6. The molecule has 0 spiro atoms. The molecule has 0 saturated carbocycles. The average Bonchev–Trinajstić information content (AvgIpc) is 2.40. The van der Waals surface area contributed by atoms with Crippen LogP contribution in [0.5, 0.6) is 5.75 Å². The Hall–Kier alpha value is -0.740. The van der Waals surface area contributed by atoms with E-state index in [0.29, 0.717) is 23.2 Å². The second-order valence-corrected chi connectivity index (χ2v) is 6.07. The third-order valence-electron chi connectivity index (χ3n) is 2.79. The molecule has 1 N–H and O–H groups in total. The number of ether oxygens (including phenoxy) is 1. The topological polar surface area (TPSA) is 21.3 Å². The van der Waals surface area contributed by atoms with Crippen LogP contribution >= 0.6 is 39.1 Å². The molecule has 0 fully saturated rings. The van der Waals surface area contributed by atoms with Gasteiger partial charge in [0.05, 0.1) is 0 Å². The van der Waals surface area contributed by atoms with Crippen LogP contribution in [0.2, 0.25) is 10.0 Å². The van der Waals surface area contributed by atoms with E-state index >= 15 is 0 Å². The van der Waals surface area contributed by atoms with Crippen molar-refractivity contribution in [3.63, 3.8) is 0 Å². The van der Waals surface area contributed by atoms with Gasteiger partial charge in [-0.3, -0.25) is 0 Å². The molecular formula is C15H14BrCl2NO. The highest BCUT2D eigenvalue weighted by molar-refractivity contribution is 9.10. The van der Waals surface area contributed by atoms with E-state index in [1.54, 1.807) is 0 Å². The fourth-order valence-electron chi connectivity index (χ4n) is 1.81. The van der Waals surface area contributed by atoms with E-state index in [1.807, 2.05) is 43.4 Å². The van der Waals surface area contributed by atoms with Gasteiger partial charge in [0.2, 0.25) is 0 Å². The van der Waals surface area contributed by atoms with E-state index in [1.165, 1.54) is 0 Å². The first-order valence-electron chi connectivity index (χ1n) is 6.10. The zero-order valence-electron chi connectivity index (χ0n) is 10.9. The van der Waals surface area contributed by atoms with Gasteiger partial charge in [0.25, 0.3) is 0 Å². The zero-order chi connectivity index (χ0) is 14.5. The summed E-state index contributed by atoms with van der Waals surface area (Å²) < 4.78 is 6.81. The third-order valence-corrected chi connectivity index (χ3v) is 3.87. The molecule has 2 rings (SSSR count). The Balaban J connectivity index is 2.14. The minimum absolute atomic E-state index is 0.421. The fourth-order valence-corrected chi connectivity index (χ4v) is 2.73. The van der Waals surface area contributed by atoms with E-state index in [4.69, 9.17) is 27.9 Å². The van der Waals surface area contributed by atoms with E-state index in [9.17, 15) is 0 Å². The maximum atomic E-state index is 6.18. The van der Waals surface area contributed by atoms with Crippen LogP contribution in [0.1, 0.15) is 11.1 Å². The van der Waals surface area contributed by atoms with Gasteiger partial charge in [-0.15, -0.1) is 0 Å². The SMILES string of the molecule is CNCc1cc(Cl)ccc1OCc1ccc(Br)cc1Cl. The van der Waals surface area contributed by atoms with Crippen LogP contribution in [-0.4, -0.2) is 7.05 Å². The summed E-state index contributed by atoms with van der Waals surface area (Å²) in [6.07, 6.45) is 0. The van der Waals surface area contributed by atoms with Gasteiger partial charge in [-0.25, -0.2) is 0 Å². The molecule has 0 bridgehead atoms. The van der Waals surface area contributed by atoms with Crippen molar-refractivity contribution in [2.45, 2.75) is 13.2 Å². The van der Waals surface area contributed by atoms with Crippen molar-refractivity contribution in [2.75, 3.05) is 7.05 Å². The molecule has 0 aliphatic rings. The van der Waals surface area contributed by atoms with Gasteiger partial charge in [0.15, 0.2) is 0 Å². The first kappa shape index (κ1) is 15.6. The van der Waals surface area contributed by atoms with E-state index in [2.05, 4.69) is 21.2 Å². The Bertz CT molecular complexity index is 604. The molecule has 0 aromatic heterocycles. The molecule has 0 atom stereocenters. The van der Waals surface area contributed by atoms with Gasteiger partial charge >= 0.3 is 0 Å². The Kier molecular flexibility index (Phi) is 5.73. The molecule has 106 valence electrons.